The maximum Gasteiger partial charge on any atom is 0.267 e. The van der Waals surface area contributed by atoms with E-state index < -0.39 is 0 Å². The smallest absolute Gasteiger partial charge is 0.267 e. The molecule has 0 bridgehead atoms. The van der Waals surface area contributed by atoms with Gasteiger partial charge >= 0.3 is 0 Å². The fourth-order valence-corrected chi connectivity index (χ4v) is 4.81. The van der Waals surface area contributed by atoms with Crippen molar-refractivity contribution in [1.29, 1.82) is 0 Å². The van der Waals surface area contributed by atoms with Crippen LogP contribution in [0.4, 0.5) is 0 Å². The molecule has 2 fully saturated rings. The minimum Gasteiger partial charge on any atom is -0.381 e. The first-order valence-corrected chi connectivity index (χ1v) is 11.7. The van der Waals surface area contributed by atoms with Crippen LogP contribution in [0.25, 0.3) is 0 Å². The van der Waals surface area contributed by atoms with Gasteiger partial charge in [0, 0.05) is 57.9 Å². The van der Waals surface area contributed by atoms with Crippen LogP contribution in [0.1, 0.15) is 54.6 Å². The van der Waals surface area contributed by atoms with Crippen LogP contribution < -0.4 is 5.56 Å². The molecular weight excluding hydrogens is 396 g/mol. The van der Waals surface area contributed by atoms with Gasteiger partial charge in [0.25, 0.3) is 5.56 Å². The fourth-order valence-electron chi connectivity index (χ4n) is 4.81. The largest absolute Gasteiger partial charge is 0.381 e. The Hall–Kier alpha value is -2.10. The number of fused-ring (bicyclic) bond motifs is 1. The highest BCUT2D eigenvalue weighted by Crippen LogP contribution is 2.25. The Kier molecular flexibility index (Phi) is 6.42. The van der Waals surface area contributed by atoms with E-state index in [1.54, 1.807) is 10.7 Å². The molecule has 2 aliphatic heterocycles. The summed E-state index contributed by atoms with van der Waals surface area (Å²) in [6.45, 7) is 7.68. The van der Waals surface area contributed by atoms with E-state index in [2.05, 4.69) is 25.0 Å². The van der Waals surface area contributed by atoms with Crippen molar-refractivity contribution >= 4 is 0 Å². The number of hydrogen-bond acceptors (Lipinski definition) is 8. The summed E-state index contributed by atoms with van der Waals surface area (Å²) in [6, 6.07) is 1.80. The molecule has 168 valence electrons. The highest BCUT2D eigenvalue weighted by atomic mass is 16.5. The van der Waals surface area contributed by atoms with E-state index in [1.807, 2.05) is 0 Å². The Morgan fingerprint density at radius 3 is 2.61 bits per heavy atom. The Morgan fingerprint density at radius 1 is 1.00 bits per heavy atom. The highest BCUT2D eigenvalue weighted by molar-refractivity contribution is 5.20. The third-order valence-corrected chi connectivity index (χ3v) is 6.79. The molecule has 0 atom stereocenters. The number of piperazine rings is 1. The molecular formula is C22H32N6O3. The quantitative estimate of drug-likeness (QED) is 0.679. The van der Waals surface area contributed by atoms with Crippen molar-refractivity contribution in [3.8, 4) is 0 Å². The predicted molar refractivity (Wildman–Crippen MR) is 114 cm³/mol. The lowest BCUT2D eigenvalue weighted by atomic mass is 9.97. The number of nitrogens with zero attached hydrogens (tertiary/aromatic N) is 6. The molecule has 0 saturated carbocycles. The second-order valence-electron chi connectivity index (χ2n) is 8.94. The first-order chi connectivity index (χ1) is 15.2. The van der Waals surface area contributed by atoms with Crippen LogP contribution in [0.2, 0.25) is 0 Å². The molecule has 9 heteroatoms. The molecule has 4 heterocycles. The molecule has 1 aliphatic carbocycles. The van der Waals surface area contributed by atoms with Gasteiger partial charge in [-0.1, -0.05) is 5.16 Å². The Balaban J connectivity index is 1.09. The van der Waals surface area contributed by atoms with Crippen LogP contribution in [0.15, 0.2) is 15.4 Å². The van der Waals surface area contributed by atoms with Gasteiger partial charge < -0.3 is 9.26 Å². The molecule has 0 amide bonds. The third kappa shape index (κ3) is 5.05. The number of aromatic nitrogens is 4. The zero-order chi connectivity index (χ0) is 21.0. The molecule has 31 heavy (non-hydrogen) atoms. The molecule has 3 aliphatic rings. The molecule has 9 nitrogen and oxygen atoms in total. The summed E-state index contributed by atoms with van der Waals surface area (Å²) in [5.74, 6) is 1.88. The van der Waals surface area contributed by atoms with Crippen molar-refractivity contribution in [2.75, 3.05) is 45.9 Å². The van der Waals surface area contributed by atoms with E-state index in [0.29, 0.717) is 12.5 Å². The molecule has 0 unspecified atom stereocenters. The predicted octanol–water partition coefficient (Wildman–Crippen LogP) is 1.22. The fraction of sp³-hybridized carbons (Fsp3) is 0.727. The molecule has 0 aromatic carbocycles. The normalized spacial score (nSPS) is 21.3. The monoisotopic (exact) mass is 428 g/mol. The van der Waals surface area contributed by atoms with Gasteiger partial charge in [0.1, 0.15) is 0 Å². The standard InChI is InChI=1S/C22H32N6O3/c29-21-15-18-3-1-2-4-19(18)24-28(21)12-11-26-7-9-27(10-8-26)16-20-23-22(31-25-20)17-5-13-30-14-6-17/h15,17H,1-14,16H2. The second-order valence-corrected chi connectivity index (χ2v) is 8.94. The van der Waals surface area contributed by atoms with E-state index in [9.17, 15) is 4.79 Å². The molecule has 2 aromatic rings. The van der Waals surface area contributed by atoms with Crippen LogP contribution in [0.5, 0.6) is 0 Å². The first-order valence-electron chi connectivity index (χ1n) is 11.7. The van der Waals surface area contributed by atoms with Crippen LogP contribution in [0, 0.1) is 0 Å². The Labute approximate surface area is 182 Å². The van der Waals surface area contributed by atoms with Crippen LogP contribution >= 0.6 is 0 Å². The summed E-state index contributed by atoms with van der Waals surface area (Å²) in [6.07, 6.45) is 6.27. The average Bonchev–Trinajstić information content (AvgIpc) is 3.28. The van der Waals surface area contributed by atoms with Gasteiger partial charge in [-0.2, -0.15) is 10.1 Å². The SMILES string of the molecule is O=c1cc2c(nn1CCN1CCN(Cc3noc(C4CCOCC4)n3)CC1)CCCC2. The molecule has 0 spiro atoms. The van der Waals surface area contributed by atoms with Gasteiger partial charge in [-0.05, 0) is 44.1 Å². The van der Waals surface area contributed by atoms with Crippen molar-refractivity contribution in [3.05, 3.63) is 39.4 Å². The first kappa shape index (κ1) is 20.8. The number of aryl methyl sites for hydroxylation is 2. The molecule has 0 radical (unpaired) electrons. The Morgan fingerprint density at radius 2 is 1.77 bits per heavy atom. The summed E-state index contributed by atoms with van der Waals surface area (Å²) in [5, 5.41) is 8.84. The van der Waals surface area contributed by atoms with E-state index >= 15 is 0 Å². The van der Waals surface area contributed by atoms with Gasteiger partial charge in [-0.3, -0.25) is 14.6 Å². The second kappa shape index (κ2) is 9.58. The van der Waals surface area contributed by atoms with Crippen LogP contribution in [-0.4, -0.2) is 75.7 Å². The highest BCUT2D eigenvalue weighted by Gasteiger charge is 2.24. The van der Waals surface area contributed by atoms with Crippen molar-refractivity contribution in [2.24, 2.45) is 0 Å². The maximum atomic E-state index is 12.4. The van der Waals surface area contributed by atoms with E-state index in [-0.39, 0.29) is 5.56 Å². The molecule has 2 saturated heterocycles. The summed E-state index contributed by atoms with van der Waals surface area (Å²) >= 11 is 0. The number of rotatable bonds is 6. The number of ether oxygens (including phenoxy) is 1. The molecule has 2 aromatic heterocycles. The van der Waals surface area contributed by atoms with Gasteiger partial charge in [0.05, 0.1) is 18.8 Å². The van der Waals surface area contributed by atoms with E-state index in [0.717, 1.165) is 101 Å². The van der Waals surface area contributed by atoms with Crippen LogP contribution in [-0.2, 0) is 30.7 Å². The third-order valence-electron chi connectivity index (χ3n) is 6.79. The lowest BCUT2D eigenvalue weighted by Crippen LogP contribution is -2.47. The molecule has 5 rings (SSSR count). The number of hydrogen-bond donors (Lipinski definition) is 0. The van der Waals surface area contributed by atoms with Crippen LogP contribution in [0.3, 0.4) is 0 Å². The van der Waals surface area contributed by atoms with Crippen molar-refractivity contribution in [1.82, 2.24) is 29.7 Å². The van der Waals surface area contributed by atoms with Crippen molar-refractivity contribution in [3.63, 3.8) is 0 Å². The van der Waals surface area contributed by atoms with Gasteiger partial charge in [-0.25, -0.2) is 4.68 Å². The van der Waals surface area contributed by atoms with E-state index in [1.165, 1.54) is 12.8 Å². The Bertz CT molecular complexity index is 928. The van der Waals surface area contributed by atoms with Gasteiger partial charge in [0.2, 0.25) is 5.89 Å². The van der Waals surface area contributed by atoms with Crippen molar-refractivity contribution in [2.45, 2.75) is 57.5 Å². The summed E-state index contributed by atoms with van der Waals surface area (Å²) in [4.78, 5) is 21.8. The average molecular weight is 429 g/mol. The van der Waals surface area contributed by atoms with Gasteiger partial charge in [-0.15, -0.1) is 0 Å². The topological polar surface area (TPSA) is 89.5 Å². The van der Waals surface area contributed by atoms with E-state index in [4.69, 9.17) is 9.26 Å². The summed E-state index contributed by atoms with van der Waals surface area (Å²) < 4.78 is 12.6. The minimum absolute atomic E-state index is 0.0386. The van der Waals surface area contributed by atoms with Crippen molar-refractivity contribution < 1.29 is 9.26 Å². The summed E-state index contributed by atoms with van der Waals surface area (Å²) in [5.41, 5.74) is 2.31. The van der Waals surface area contributed by atoms with Gasteiger partial charge in [0.15, 0.2) is 5.82 Å². The zero-order valence-corrected chi connectivity index (χ0v) is 18.2. The zero-order valence-electron chi connectivity index (χ0n) is 18.2. The molecule has 0 N–H and O–H groups in total. The lowest BCUT2D eigenvalue weighted by Gasteiger charge is -2.34. The summed E-state index contributed by atoms with van der Waals surface area (Å²) in [7, 11) is 0. The lowest BCUT2D eigenvalue weighted by molar-refractivity contribution is 0.0778. The maximum absolute atomic E-state index is 12.4. The minimum atomic E-state index is 0.0386.